The number of carbonyl (C=O) groups is 2. The number of carbonyl (C=O) groups excluding carboxylic acids is 2. The van der Waals surface area contributed by atoms with Crippen LogP contribution in [0.3, 0.4) is 0 Å². The zero-order valence-electron chi connectivity index (χ0n) is 10.4. The highest BCUT2D eigenvalue weighted by Crippen LogP contribution is 2.55. The van der Waals surface area contributed by atoms with Crippen LogP contribution >= 0.6 is 18.2 Å². The fourth-order valence-corrected chi connectivity index (χ4v) is 3.36. The van der Waals surface area contributed by atoms with Crippen molar-refractivity contribution < 1.29 is 23.4 Å². The third kappa shape index (κ3) is 4.95. The number of halogens is 1. The number of piperidine rings is 2. The Labute approximate surface area is 116 Å². The van der Waals surface area contributed by atoms with E-state index in [0.717, 1.165) is 0 Å². The Morgan fingerprint density at radius 2 is 1.16 bits per heavy atom. The lowest BCUT2D eigenvalue weighted by Gasteiger charge is -2.30. The van der Waals surface area contributed by atoms with Crippen molar-refractivity contribution in [2.75, 3.05) is 26.2 Å². The van der Waals surface area contributed by atoms with Gasteiger partial charge in [0.1, 0.15) is 11.6 Å². The van der Waals surface area contributed by atoms with Crippen molar-refractivity contribution >= 4 is 29.8 Å². The van der Waals surface area contributed by atoms with Gasteiger partial charge in [0.2, 0.25) is 0 Å². The highest BCUT2D eigenvalue weighted by molar-refractivity contribution is 7.81. The van der Waals surface area contributed by atoms with Crippen molar-refractivity contribution in [3.8, 4) is 0 Å². The van der Waals surface area contributed by atoms with Gasteiger partial charge in [0.15, 0.2) is 0 Å². The van der Waals surface area contributed by atoms with Gasteiger partial charge in [0.05, 0.1) is 0 Å². The van der Waals surface area contributed by atoms with Crippen molar-refractivity contribution in [3.63, 3.8) is 0 Å². The summed E-state index contributed by atoms with van der Waals surface area (Å²) in [7, 11) is 0. The molecule has 2 saturated heterocycles. The number of hydrogen-bond donors (Lipinski definition) is 0. The molecule has 0 N–H and O–H groups in total. The van der Waals surface area contributed by atoms with E-state index in [1.54, 1.807) is 0 Å². The summed E-state index contributed by atoms with van der Waals surface area (Å²) < 4.78 is 22.2. The first kappa shape index (κ1) is 15.1. The third-order valence-corrected chi connectivity index (χ3v) is 4.21. The molecule has 2 aliphatic heterocycles. The first-order chi connectivity index (χ1) is 8.94. The zero-order valence-corrected chi connectivity index (χ0v) is 12.1. The molecule has 2 fully saturated rings. The molecule has 0 spiro atoms. The molecule has 0 saturated carbocycles. The van der Waals surface area contributed by atoms with Crippen LogP contribution in [0.25, 0.3) is 0 Å². The summed E-state index contributed by atoms with van der Waals surface area (Å²) in [6, 6.07) is 0. The Kier molecular flexibility index (Phi) is 5.11. The molecule has 2 heterocycles. The quantitative estimate of drug-likeness (QED) is 0.729. The molecule has 0 aromatic heterocycles. The van der Waals surface area contributed by atoms with E-state index < -0.39 is 6.95 Å². The van der Waals surface area contributed by atoms with Crippen molar-refractivity contribution in [1.82, 2.24) is 10.1 Å². The number of Topliss-reactive ketones (excluding diaryl/α,β-unsaturated/α-hetero) is 2. The van der Waals surface area contributed by atoms with Gasteiger partial charge in [-0.3, -0.25) is 9.59 Å². The van der Waals surface area contributed by atoms with E-state index >= 15 is 0 Å². The highest BCUT2D eigenvalue weighted by Gasteiger charge is 2.32. The summed E-state index contributed by atoms with van der Waals surface area (Å²) in [6.07, 6.45) is 1.43. The molecular formula is C10H16ClN2O5P. The lowest BCUT2D eigenvalue weighted by atomic mass is 10.1. The van der Waals surface area contributed by atoms with Crippen LogP contribution in [0.15, 0.2) is 0 Å². The second kappa shape index (κ2) is 6.43. The average Bonchev–Trinajstić information content (AvgIpc) is 2.34. The van der Waals surface area contributed by atoms with Crippen LogP contribution in [0.2, 0.25) is 0 Å². The van der Waals surface area contributed by atoms with Crippen LogP contribution in [0.1, 0.15) is 25.7 Å². The second-order valence-corrected chi connectivity index (χ2v) is 6.96. The Morgan fingerprint density at radius 1 is 0.842 bits per heavy atom. The van der Waals surface area contributed by atoms with Crippen molar-refractivity contribution in [3.05, 3.63) is 0 Å². The van der Waals surface area contributed by atoms with Gasteiger partial charge in [-0.1, -0.05) is 0 Å². The largest absolute Gasteiger partial charge is 0.457 e. The highest BCUT2D eigenvalue weighted by atomic mass is 35.7. The monoisotopic (exact) mass is 310 g/mol. The smallest absolute Gasteiger partial charge is 0.300 e. The van der Waals surface area contributed by atoms with E-state index in [1.807, 2.05) is 0 Å². The molecule has 0 aliphatic carbocycles. The van der Waals surface area contributed by atoms with E-state index in [2.05, 4.69) is 0 Å². The van der Waals surface area contributed by atoms with Gasteiger partial charge in [-0.05, 0) is 0 Å². The van der Waals surface area contributed by atoms with Gasteiger partial charge >= 0.3 is 6.95 Å². The van der Waals surface area contributed by atoms with Crippen molar-refractivity contribution in [1.29, 1.82) is 0 Å². The number of hydrogen-bond acceptors (Lipinski definition) is 7. The van der Waals surface area contributed by atoms with Gasteiger partial charge in [-0.25, -0.2) is 13.8 Å². The molecule has 108 valence electrons. The Bertz CT molecular complexity index is 365. The van der Waals surface area contributed by atoms with Crippen LogP contribution in [0.4, 0.5) is 0 Å². The maximum absolute atomic E-state index is 12.0. The molecule has 0 amide bonds. The lowest BCUT2D eigenvalue weighted by Crippen LogP contribution is -2.35. The molecule has 0 unspecified atom stereocenters. The fourth-order valence-electron chi connectivity index (χ4n) is 1.93. The molecule has 0 aromatic carbocycles. The molecular weight excluding hydrogens is 295 g/mol. The van der Waals surface area contributed by atoms with Crippen molar-refractivity contribution in [2.24, 2.45) is 0 Å². The number of hydroxylamine groups is 4. The molecule has 0 bridgehead atoms. The molecule has 2 aliphatic rings. The number of ketones is 2. The summed E-state index contributed by atoms with van der Waals surface area (Å²) in [5.74, 6) is 0.305. The molecule has 19 heavy (non-hydrogen) atoms. The van der Waals surface area contributed by atoms with E-state index in [1.165, 1.54) is 10.1 Å². The topological polar surface area (TPSA) is 76.2 Å². The SMILES string of the molecule is O=C1CCN(OP(=O)(Cl)ON2CCC(=O)CC2)CC1. The summed E-state index contributed by atoms with van der Waals surface area (Å²) in [5, 5.41) is 2.79. The van der Waals surface area contributed by atoms with Gasteiger partial charge in [-0.15, -0.1) is 0 Å². The molecule has 0 aromatic rings. The van der Waals surface area contributed by atoms with Crippen LogP contribution in [-0.2, 0) is 23.4 Å². The Morgan fingerprint density at radius 3 is 1.47 bits per heavy atom. The van der Waals surface area contributed by atoms with Crippen LogP contribution in [0.5, 0.6) is 0 Å². The molecule has 0 radical (unpaired) electrons. The fraction of sp³-hybridized carbons (Fsp3) is 0.800. The zero-order chi connectivity index (χ0) is 13.9. The summed E-state index contributed by atoms with van der Waals surface area (Å²) in [6.45, 7) is -2.33. The van der Waals surface area contributed by atoms with E-state index in [-0.39, 0.29) is 11.6 Å². The van der Waals surface area contributed by atoms with Gasteiger partial charge in [0, 0.05) is 63.1 Å². The predicted molar refractivity (Wildman–Crippen MR) is 67.3 cm³/mol. The van der Waals surface area contributed by atoms with E-state index in [0.29, 0.717) is 51.9 Å². The Hall–Kier alpha value is -0.300. The number of rotatable bonds is 4. The summed E-state index contributed by atoms with van der Waals surface area (Å²) in [5.41, 5.74) is 0. The van der Waals surface area contributed by atoms with Gasteiger partial charge < -0.3 is 0 Å². The lowest BCUT2D eigenvalue weighted by molar-refractivity contribution is -0.147. The molecule has 7 nitrogen and oxygen atoms in total. The molecule has 9 heteroatoms. The van der Waals surface area contributed by atoms with Gasteiger partial charge in [-0.2, -0.15) is 10.1 Å². The normalized spacial score (nSPS) is 23.8. The Balaban J connectivity index is 1.79. The van der Waals surface area contributed by atoms with Crippen LogP contribution < -0.4 is 0 Å². The second-order valence-electron chi connectivity index (χ2n) is 4.53. The minimum atomic E-state index is -3.77. The maximum Gasteiger partial charge on any atom is 0.457 e. The first-order valence-electron chi connectivity index (χ1n) is 6.17. The minimum absolute atomic E-state index is 0.153. The third-order valence-electron chi connectivity index (χ3n) is 2.99. The maximum atomic E-state index is 12.0. The standard InChI is InChI=1S/C10H16ClN2O5P/c11-19(16,17-12-5-1-9(14)2-6-12)18-13-7-3-10(15)4-8-13/h1-8H2. The van der Waals surface area contributed by atoms with E-state index in [9.17, 15) is 14.2 Å². The number of nitrogens with zero attached hydrogens (tertiary/aromatic N) is 2. The molecule has 2 rings (SSSR count). The minimum Gasteiger partial charge on any atom is -0.300 e. The van der Waals surface area contributed by atoms with Gasteiger partial charge in [0.25, 0.3) is 0 Å². The van der Waals surface area contributed by atoms with Crippen molar-refractivity contribution in [2.45, 2.75) is 25.7 Å². The summed E-state index contributed by atoms with van der Waals surface area (Å²) in [4.78, 5) is 22.1. The predicted octanol–water partition coefficient (Wildman–Crippen LogP) is 1.53. The molecule has 0 atom stereocenters. The first-order valence-corrected chi connectivity index (χ1v) is 8.62. The average molecular weight is 311 g/mol. The summed E-state index contributed by atoms with van der Waals surface area (Å²) >= 11 is 5.73. The van der Waals surface area contributed by atoms with E-state index in [4.69, 9.17) is 20.5 Å². The van der Waals surface area contributed by atoms with Crippen LogP contribution in [-0.4, -0.2) is 47.9 Å². The van der Waals surface area contributed by atoms with Crippen LogP contribution in [0, 0.1) is 0 Å².